The van der Waals surface area contributed by atoms with E-state index in [-0.39, 0.29) is 11.3 Å². The zero-order chi connectivity index (χ0) is 23.3. The van der Waals surface area contributed by atoms with Crippen LogP contribution in [0, 0.1) is 0 Å². The number of carbonyl (C=O) groups is 3. The highest BCUT2D eigenvalue weighted by Crippen LogP contribution is 2.31. The lowest BCUT2D eigenvalue weighted by atomic mass is 10.0. The SMILES string of the molecule is COc1ccccc1C1=C(Nc2ccc(CCNC(=O)OC(C)(C)C)cc2)C(=O)NC1=O. The lowest BCUT2D eigenvalue weighted by Crippen LogP contribution is -2.33. The smallest absolute Gasteiger partial charge is 0.407 e. The number of anilines is 1. The molecule has 32 heavy (non-hydrogen) atoms. The van der Waals surface area contributed by atoms with Gasteiger partial charge in [-0.15, -0.1) is 0 Å². The molecule has 0 atom stereocenters. The summed E-state index contributed by atoms with van der Waals surface area (Å²) in [5, 5.41) is 8.10. The van der Waals surface area contributed by atoms with Gasteiger partial charge in [-0.25, -0.2) is 4.79 Å². The number of nitrogens with one attached hydrogen (secondary N) is 3. The largest absolute Gasteiger partial charge is 0.496 e. The zero-order valence-corrected chi connectivity index (χ0v) is 18.6. The van der Waals surface area contributed by atoms with Crippen LogP contribution in [-0.4, -0.2) is 37.2 Å². The molecule has 0 spiro atoms. The third kappa shape index (κ3) is 5.66. The summed E-state index contributed by atoms with van der Waals surface area (Å²) in [5.41, 5.74) is 2.05. The van der Waals surface area contributed by atoms with Crippen LogP contribution in [-0.2, 0) is 20.7 Å². The molecule has 0 radical (unpaired) electrons. The summed E-state index contributed by atoms with van der Waals surface area (Å²) < 4.78 is 10.6. The number of ether oxygens (including phenoxy) is 2. The van der Waals surface area contributed by atoms with E-state index in [1.165, 1.54) is 7.11 Å². The van der Waals surface area contributed by atoms with Gasteiger partial charge in [-0.2, -0.15) is 0 Å². The van der Waals surface area contributed by atoms with Crippen LogP contribution in [0.1, 0.15) is 31.9 Å². The van der Waals surface area contributed by atoms with E-state index in [4.69, 9.17) is 9.47 Å². The molecule has 0 aliphatic carbocycles. The summed E-state index contributed by atoms with van der Waals surface area (Å²) in [6.07, 6.45) is 0.164. The third-order valence-electron chi connectivity index (χ3n) is 4.61. The van der Waals surface area contributed by atoms with E-state index in [1.807, 2.05) is 45.0 Å². The molecule has 1 aliphatic heterocycles. The molecule has 0 aromatic heterocycles. The van der Waals surface area contributed by atoms with E-state index in [1.54, 1.807) is 24.3 Å². The molecule has 2 aromatic carbocycles. The number of amides is 3. The van der Waals surface area contributed by atoms with Crippen molar-refractivity contribution < 1.29 is 23.9 Å². The van der Waals surface area contributed by atoms with E-state index in [0.717, 1.165) is 5.56 Å². The lowest BCUT2D eigenvalue weighted by molar-refractivity contribution is -0.123. The van der Waals surface area contributed by atoms with Crippen molar-refractivity contribution in [2.45, 2.75) is 32.8 Å². The summed E-state index contributed by atoms with van der Waals surface area (Å²) in [6, 6.07) is 14.4. The molecule has 168 valence electrons. The second kappa shape index (κ2) is 9.55. The Balaban J connectivity index is 1.70. The van der Waals surface area contributed by atoms with Gasteiger partial charge in [-0.1, -0.05) is 30.3 Å². The van der Waals surface area contributed by atoms with E-state index in [9.17, 15) is 14.4 Å². The predicted octanol–water partition coefficient (Wildman–Crippen LogP) is 3.24. The summed E-state index contributed by atoms with van der Waals surface area (Å²) in [7, 11) is 1.51. The van der Waals surface area contributed by atoms with Gasteiger partial charge in [-0.05, 0) is 51.0 Å². The minimum Gasteiger partial charge on any atom is -0.496 e. The van der Waals surface area contributed by atoms with Crippen LogP contribution >= 0.6 is 0 Å². The van der Waals surface area contributed by atoms with Crippen LogP contribution in [0.3, 0.4) is 0 Å². The Morgan fingerprint density at radius 3 is 2.34 bits per heavy atom. The second-order valence-corrected chi connectivity index (χ2v) is 8.23. The van der Waals surface area contributed by atoms with Gasteiger partial charge in [0.2, 0.25) is 0 Å². The molecule has 0 fully saturated rings. The highest BCUT2D eigenvalue weighted by molar-refractivity contribution is 6.37. The Hall–Kier alpha value is -3.81. The van der Waals surface area contributed by atoms with Gasteiger partial charge >= 0.3 is 6.09 Å². The Bertz CT molecular complexity index is 1050. The van der Waals surface area contributed by atoms with Crippen LogP contribution in [0.25, 0.3) is 5.57 Å². The highest BCUT2D eigenvalue weighted by Gasteiger charge is 2.33. The Morgan fingerprint density at radius 1 is 1.00 bits per heavy atom. The van der Waals surface area contributed by atoms with Gasteiger partial charge in [0.1, 0.15) is 17.0 Å². The van der Waals surface area contributed by atoms with E-state index >= 15 is 0 Å². The normalized spacial score (nSPS) is 13.6. The number of hydrogen-bond acceptors (Lipinski definition) is 6. The van der Waals surface area contributed by atoms with Crippen molar-refractivity contribution in [2.24, 2.45) is 0 Å². The van der Waals surface area contributed by atoms with E-state index in [0.29, 0.717) is 30.0 Å². The van der Waals surface area contributed by atoms with Crippen molar-refractivity contribution in [3.8, 4) is 5.75 Å². The van der Waals surface area contributed by atoms with Gasteiger partial charge in [-0.3, -0.25) is 14.9 Å². The minimum absolute atomic E-state index is 0.166. The molecule has 3 amide bonds. The Kier molecular flexibility index (Phi) is 6.82. The van der Waals surface area contributed by atoms with Crippen molar-refractivity contribution in [1.82, 2.24) is 10.6 Å². The van der Waals surface area contributed by atoms with Crippen molar-refractivity contribution in [3.63, 3.8) is 0 Å². The monoisotopic (exact) mass is 437 g/mol. The van der Waals surface area contributed by atoms with Crippen molar-refractivity contribution in [3.05, 3.63) is 65.4 Å². The molecule has 2 aromatic rings. The maximum absolute atomic E-state index is 12.4. The van der Waals surface area contributed by atoms with Gasteiger partial charge < -0.3 is 20.1 Å². The van der Waals surface area contributed by atoms with Crippen LogP contribution in [0.5, 0.6) is 5.75 Å². The van der Waals surface area contributed by atoms with Crippen molar-refractivity contribution in [2.75, 3.05) is 19.0 Å². The highest BCUT2D eigenvalue weighted by atomic mass is 16.6. The van der Waals surface area contributed by atoms with Crippen LogP contribution in [0.15, 0.2) is 54.2 Å². The molecule has 1 heterocycles. The first kappa shape index (κ1) is 22.9. The molecule has 3 N–H and O–H groups in total. The summed E-state index contributed by atoms with van der Waals surface area (Å²) in [4.78, 5) is 36.6. The lowest BCUT2D eigenvalue weighted by Gasteiger charge is -2.19. The van der Waals surface area contributed by atoms with Crippen LogP contribution in [0.4, 0.5) is 10.5 Å². The van der Waals surface area contributed by atoms with Gasteiger partial charge in [0.15, 0.2) is 0 Å². The van der Waals surface area contributed by atoms with E-state index < -0.39 is 23.5 Å². The topological polar surface area (TPSA) is 106 Å². The fourth-order valence-corrected chi connectivity index (χ4v) is 3.20. The molecular weight excluding hydrogens is 410 g/mol. The molecule has 0 bridgehead atoms. The number of carbonyl (C=O) groups excluding carboxylic acids is 3. The first-order chi connectivity index (χ1) is 15.2. The zero-order valence-electron chi connectivity index (χ0n) is 18.6. The van der Waals surface area contributed by atoms with Gasteiger partial charge in [0.25, 0.3) is 11.8 Å². The predicted molar refractivity (Wildman–Crippen MR) is 121 cm³/mol. The molecule has 0 saturated heterocycles. The maximum atomic E-state index is 12.4. The fourth-order valence-electron chi connectivity index (χ4n) is 3.20. The Morgan fingerprint density at radius 2 is 1.69 bits per heavy atom. The number of methoxy groups -OCH3 is 1. The molecule has 8 heteroatoms. The van der Waals surface area contributed by atoms with Crippen LogP contribution < -0.4 is 20.7 Å². The van der Waals surface area contributed by atoms with Gasteiger partial charge in [0, 0.05) is 17.8 Å². The van der Waals surface area contributed by atoms with Crippen molar-refractivity contribution >= 4 is 29.2 Å². The van der Waals surface area contributed by atoms with Crippen LogP contribution in [0.2, 0.25) is 0 Å². The number of para-hydroxylation sites is 1. The summed E-state index contributed by atoms with van der Waals surface area (Å²) >= 11 is 0. The number of hydrogen-bond donors (Lipinski definition) is 3. The molecule has 1 aliphatic rings. The molecule has 3 rings (SSSR count). The standard InChI is InChI=1S/C24H27N3O5/c1-24(2,3)32-23(30)25-14-13-15-9-11-16(12-10-15)26-20-19(21(28)27-22(20)29)17-7-5-6-8-18(17)31-4/h5-12H,13-14H2,1-4H3,(H,25,30)(H2,26,27,28,29). The summed E-state index contributed by atoms with van der Waals surface area (Å²) in [6.45, 7) is 5.86. The first-order valence-corrected chi connectivity index (χ1v) is 10.2. The molecule has 8 nitrogen and oxygen atoms in total. The number of rotatable bonds is 7. The fraction of sp³-hybridized carbons (Fsp3) is 0.292. The van der Waals surface area contributed by atoms with E-state index in [2.05, 4.69) is 16.0 Å². The third-order valence-corrected chi connectivity index (χ3v) is 4.61. The average Bonchev–Trinajstić information content (AvgIpc) is 3.00. The maximum Gasteiger partial charge on any atom is 0.407 e. The average molecular weight is 437 g/mol. The second-order valence-electron chi connectivity index (χ2n) is 8.23. The molecule has 0 unspecified atom stereocenters. The minimum atomic E-state index is -0.539. The number of benzene rings is 2. The molecular formula is C24H27N3O5. The number of alkyl carbamates (subject to hydrolysis) is 1. The first-order valence-electron chi connectivity index (χ1n) is 10.2. The Labute approximate surface area is 187 Å². The summed E-state index contributed by atoms with van der Waals surface area (Å²) in [5.74, 6) is -0.479. The van der Waals surface area contributed by atoms with Crippen molar-refractivity contribution in [1.29, 1.82) is 0 Å². The molecule has 0 saturated carbocycles. The number of imide groups is 1. The van der Waals surface area contributed by atoms with Gasteiger partial charge in [0.05, 0.1) is 12.7 Å². The quantitative estimate of drug-likeness (QED) is 0.575.